The molecule has 0 atom stereocenters. The maximum Gasteiger partial charge on any atom is 0.491 e. The van der Waals surface area contributed by atoms with Crippen LogP contribution < -0.4 is 9.47 Å². The van der Waals surface area contributed by atoms with Crippen molar-refractivity contribution >= 4 is 57.2 Å². The number of benzene rings is 5. The first-order valence-electron chi connectivity index (χ1n) is 30.6. The van der Waals surface area contributed by atoms with Crippen molar-refractivity contribution in [3.8, 4) is 11.5 Å². The summed E-state index contributed by atoms with van der Waals surface area (Å²) in [6.45, 7) is 21.3. The number of allylic oxidation sites excluding steroid dienone is 2. The molecule has 0 radical (unpaired) electrons. The van der Waals surface area contributed by atoms with Crippen LogP contribution in [-0.4, -0.2) is 140 Å². The number of aromatic nitrogens is 4. The van der Waals surface area contributed by atoms with E-state index in [-0.39, 0.29) is 31.0 Å². The van der Waals surface area contributed by atoms with Gasteiger partial charge in [-0.25, -0.2) is 4.39 Å². The lowest BCUT2D eigenvalue weighted by Gasteiger charge is -2.37. The molecule has 0 aliphatic carbocycles. The van der Waals surface area contributed by atoms with Gasteiger partial charge < -0.3 is 28.3 Å². The number of fused-ring (bicyclic) bond motifs is 2. The Hall–Kier alpha value is -5.98. The van der Waals surface area contributed by atoms with Crippen LogP contribution in [0.15, 0.2) is 121 Å². The van der Waals surface area contributed by atoms with Gasteiger partial charge in [0.15, 0.2) is 0 Å². The van der Waals surface area contributed by atoms with Gasteiger partial charge in [-0.1, -0.05) is 61.8 Å². The summed E-state index contributed by atoms with van der Waals surface area (Å²) in [6, 6.07) is 34.8. The van der Waals surface area contributed by atoms with E-state index in [9.17, 15) is 13.2 Å². The molecule has 450 valence electrons. The molecule has 12 nitrogen and oxygen atoms in total. The molecule has 17 heteroatoms. The summed E-state index contributed by atoms with van der Waals surface area (Å²) < 4.78 is 80.2. The van der Waals surface area contributed by atoms with Crippen molar-refractivity contribution in [3.05, 3.63) is 160 Å². The van der Waals surface area contributed by atoms with Crippen molar-refractivity contribution in [3.63, 3.8) is 0 Å². The van der Waals surface area contributed by atoms with Gasteiger partial charge in [0.25, 0.3) is 0 Å². The van der Waals surface area contributed by atoms with Gasteiger partial charge in [-0.2, -0.15) is 10.2 Å². The molecule has 12 rings (SSSR count). The second kappa shape index (κ2) is 27.0. The molecule has 0 saturated carbocycles. The van der Waals surface area contributed by atoms with Crippen LogP contribution in [0.3, 0.4) is 0 Å². The van der Waals surface area contributed by atoms with Gasteiger partial charge in [-0.15, -0.1) is 0 Å². The Morgan fingerprint density at radius 3 is 1.49 bits per heavy atom. The Balaban J connectivity index is 0.000000177. The van der Waals surface area contributed by atoms with E-state index < -0.39 is 18.3 Å². The highest BCUT2D eigenvalue weighted by molar-refractivity contribution is 6.56. The van der Waals surface area contributed by atoms with Gasteiger partial charge >= 0.3 is 7.12 Å². The van der Waals surface area contributed by atoms with Crippen molar-refractivity contribution in [2.75, 3.05) is 92.3 Å². The summed E-state index contributed by atoms with van der Waals surface area (Å²) in [4.78, 5) is 4.44. The molecule has 7 heterocycles. The monoisotopic (exact) mass is 1180 g/mol. The molecule has 0 amide bonds. The Labute approximate surface area is 504 Å². The second-order valence-corrected chi connectivity index (χ2v) is 24.8. The highest BCUT2D eigenvalue weighted by Crippen LogP contribution is 2.44. The molecular weight excluding hydrogens is 1100 g/mol. The summed E-state index contributed by atoms with van der Waals surface area (Å²) in [5, 5.41) is 12.1. The number of hydrogen-bond donors (Lipinski definition) is 0. The average molecular weight is 1180 g/mol. The van der Waals surface area contributed by atoms with Gasteiger partial charge in [-0.3, -0.25) is 27.9 Å². The number of likely N-dealkylation sites (tertiary alicyclic amines) is 2. The van der Waals surface area contributed by atoms with Crippen LogP contribution in [0.1, 0.15) is 120 Å². The van der Waals surface area contributed by atoms with Crippen LogP contribution in [0, 0.1) is 17.7 Å². The molecule has 5 saturated heterocycles. The molecule has 85 heavy (non-hydrogen) atoms. The molecule has 0 N–H and O–H groups in total. The minimum atomic E-state index is -0.453. The van der Waals surface area contributed by atoms with Crippen LogP contribution in [-0.2, 0) is 18.8 Å². The molecule has 5 aliphatic heterocycles. The molecule has 7 aromatic rings. The van der Waals surface area contributed by atoms with E-state index in [1.165, 1.54) is 12.1 Å². The lowest BCUT2D eigenvalue weighted by molar-refractivity contribution is 0.00578. The Morgan fingerprint density at radius 2 is 1.05 bits per heavy atom. The molecule has 5 aromatic carbocycles. The Bertz CT molecular complexity index is 3440. The van der Waals surface area contributed by atoms with Crippen molar-refractivity contribution < 1.29 is 41.4 Å². The van der Waals surface area contributed by atoms with Crippen LogP contribution >= 0.6 is 11.6 Å². The predicted octanol–water partition coefficient (Wildman–Crippen LogP) is 14.3. The summed E-state index contributed by atoms with van der Waals surface area (Å²) in [5.74, 6) is 1.62. The van der Waals surface area contributed by atoms with Crippen molar-refractivity contribution in [2.45, 2.75) is 103 Å². The van der Waals surface area contributed by atoms with Crippen LogP contribution in [0.25, 0.3) is 38.5 Å². The first kappa shape index (κ1) is 60.7. The number of hydrogen-bond acceptors (Lipinski definition) is 10. The van der Waals surface area contributed by atoms with E-state index in [4.69, 9.17) is 50.1 Å². The third-order valence-electron chi connectivity index (χ3n) is 18.1. The largest absolute Gasteiger partial charge is 0.492 e. The highest BCUT2D eigenvalue weighted by atomic mass is 35.5. The fourth-order valence-corrected chi connectivity index (χ4v) is 12.8. The SMILES string of the molecule is CC/C(=C(\c1ccc2c(cnn2C2CCOCC2)c1)c1ccc(F)cc1Cl)c1ccc(OCCN2CC(CF)C2)cc1.CC/C(B1OC(C)(C)C(C)(C)O1)=C(/c1ccc(OCCN2CC(CF)C2)cc1)c1ccc2c(cnn2C2CCOCC2)c1. The number of alkyl halides is 2. The van der Waals surface area contributed by atoms with Crippen molar-refractivity contribution in [2.24, 2.45) is 11.8 Å². The quantitative estimate of drug-likeness (QED) is 0.0542. The van der Waals surface area contributed by atoms with Gasteiger partial charge in [0.1, 0.15) is 30.5 Å². The fourth-order valence-electron chi connectivity index (χ4n) is 12.5. The van der Waals surface area contributed by atoms with Gasteiger partial charge in [-0.05, 0) is 177 Å². The third-order valence-corrected chi connectivity index (χ3v) is 18.5. The number of halogens is 4. The van der Waals surface area contributed by atoms with Crippen molar-refractivity contribution in [1.82, 2.24) is 29.4 Å². The zero-order valence-corrected chi connectivity index (χ0v) is 50.9. The zero-order valence-electron chi connectivity index (χ0n) is 50.1. The van der Waals surface area contributed by atoms with Gasteiger partial charge in [0.05, 0.1) is 65.1 Å². The minimum absolute atomic E-state index is 0.177. The maximum absolute atomic E-state index is 14.1. The standard InChI is InChI=1S/C34H45BFN3O4.C34H36ClF2N3O2/c1-6-30(35-42-33(2,3)34(4,5)43-35)32(25-7-10-29(11-8-25)41-18-15-38-22-24(20-36)23-38)26-9-12-31-27(19-26)21-37-39(31)28-13-16-40-17-14-28;1-2-30(24-3-7-29(8-4-24)42-16-13-39-21-23(19-36)22-39)34(31-9-6-27(37)18-32(31)35)25-5-10-33-26(17-25)20-38-40(33)28-11-14-41-15-12-28/h7-12,19,21,24,28H,6,13-18,20,22-23H2,1-5H3;3-10,17-18,20,23,28H,2,11-16,19,21-22H2,1H3/b32-30+;34-30-. The predicted molar refractivity (Wildman–Crippen MR) is 333 cm³/mol. The molecule has 0 bridgehead atoms. The normalized spacial score (nSPS) is 19.5. The maximum atomic E-state index is 14.1. The third kappa shape index (κ3) is 13.6. The van der Waals surface area contributed by atoms with Crippen LogP contribution in [0.2, 0.25) is 5.02 Å². The topological polar surface area (TPSA) is 97.5 Å². The van der Waals surface area contributed by atoms with Crippen LogP contribution in [0.4, 0.5) is 13.2 Å². The highest BCUT2D eigenvalue weighted by Gasteiger charge is 2.52. The summed E-state index contributed by atoms with van der Waals surface area (Å²) in [6.07, 6.45) is 9.29. The van der Waals surface area contributed by atoms with Gasteiger partial charge in [0, 0.05) is 93.9 Å². The second-order valence-electron chi connectivity index (χ2n) is 24.4. The lowest BCUT2D eigenvalue weighted by Crippen LogP contribution is -2.49. The number of rotatable bonds is 20. The van der Waals surface area contributed by atoms with Gasteiger partial charge in [0.2, 0.25) is 0 Å². The van der Waals surface area contributed by atoms with E-state index in [1.54, 1.807) is 6.07 Å². The summed E-state index contributed by atoms with van der Waals surface area (Å²) in [5.41, 5.74) is 10.7. The molecular formula is C68H81BClF3N6O6. The zero-order chi connectivity index (χ0) is 59.2. The molecule has 5 aliphatic rings. The molecule has 0 spiro atoms. The fraction of sp³-hybridized carbons (Fsp3) is 0.471. The minimum Gasteiger partial charge on any atom is -0.492 e. The number of ether oxygens (including phenoxy) is 4. The molecule has 2 aromatic heterocycles. The summed E-state index contributed by atoms with van der Waals surface area (Å²) in [7, 11) is -0.453. The average Bonchev–Trinajstić information content (AvgIpc) is 3.46. The number of nitrogens with zero attached hydrogens (tertiary/aromatic N) is 6. The van der Waals surface area contributed by atoms with Crippen LogP contribution in [0.5, 0.6) is 11.5 Å². The Morgan fingerprint density at radius 1 is 0.588 bits per heavy atom. The smallest absolute Gasteiger partial charge is 0.491 e. The molecule has 5 fully saturated rings. The molecule has 0 unspecified atom stereocenters. The first-order chi connectivity index (χ1) is 41.2. The van der Waals surface area contributed by atoms with E-state index in [0.29, 0.717) is 30.3 Å². The Kier molecular flexibility index (Phi) is 19.3. The summed E-state index contributed by atoms with van der Waals surface area (Å²) >= 11 is 6.68. The van der Waals surface area contributed by atoms with E-state index in [1.807, 2.05) is 36.7 Å². The van der Waals surface area contributed by atoms with E-state index >= 15 is 0 Å². The van der Waals surface area contributed by atoms with E-state index in [2.05, 4.69) is 121 Å². The lowest BCUT2D eigenvalue weighted by atomic mass is 9.70. The van der Waals surface area contributed by atoms with Crippen molar-refractivity contribution in [1.29, 1.82) is 0 Å². The first-order valence-corrected chi connectivity index (χ1v) is 31.0. The van der Waals surface area contributed by atoms with E-state index in [0.717, 1.165) is 188 Å².